The van der Waals surface area contributed by atoms with E-state index in [1.165, 1.54) is 37.8 Å². The summed E-state index contributed by atoms with van der Waals surface area (Å²) in [6, 6.07) is 6.43. The molecule has 2 nitrogen and oxygen atoms in total. The molecule has 0 bridgehead atoms. The van der Waals surface area contributed by atoms with Gasteiger partial charge in [-0.2, -0.15) is 0 Å². The Kier molecular flexibility index (Phi) is 2.82. The first-order chi connectivity index (χ1) is 8.26. The molecule has 1 fully saturated rings. The second-order valence-electron chi connectivity index (χ2n) is 4.77. The second-order valence-corrected chi connectivity index (χ2v) is 5.73. The Bertz CT molecular complexity index is 435. The molecule has 1 aliphatic heterocycles. The molecule has 0 unspecified atom stereocenters. The van der Waals surface area contributed by atoms with Crippen LogP contribution in [0.25, 0.3) is 0 Å². The summed E-state index contributed by atoms with van der Waals surface area (Å²) < 4.78 is 12.8. The van der Waals surface area contributed by atoms with Crippen LogP contribution in [0.2, 0.25) is 0 Å². The van der Waals surface area contributed by atoms with Crippen LogP contribution < -0.4 is 5.32 Å². The number of halogens is 1. The molecule has 1 spiro atoms. The lowest BCUT2D eigenvalue weighted by atomic mass is 10.0. The summed E-state index contributed by atoms with van der Waals surface area (Å²) in [5.41, 5.74) is 1.11. The van der Waals surface area contributed by atoms with Gasteiger partial charge < -0.3 is 5.32 Å². The van der Waals surface area contributed by atoms with Crippen molar-refractivity contribution in [2.45, 2.75) is 31.2 Å². The number of aliphatic imine (C=N–C) groups is 1. The third-order valence-electron chi connectivity index (χ3n) is 3.45. The number of hydrogen-bond acceptors (Lipinski definition) is 3. The van der Waals surface area contributed by atoms with Gasteiger partial charge in [0.05, 0.1) is 5.54 Å². The van der Waals surface area contributed by atoms with E-state index in [2.05, 4.69) is 5.32 Å². The van der Waals surface area contributed by atoms with Gasteiger partial charge in [0.15, 0.2) is 5.17 Å². The van der Waals surface area contributed by atoms with Crippen molar-refractivity contribution in [3.63, 3.8) is 0 Å². The molecule has 0 radical (unpaired) electrons. The fourth-order valence-corrected chi connectivity index (χ4v) is 3.70. The van der Waals surface area contributed by atoms with E-state index in [4.69, 9.17) is 4.99 Å². The minimum atomic E-state index is -0.205. The van der Waals surface area contributed by atoms with Gasteiger partial charge in [0.2, 0.25) is 0 Å². The highest BCUT2D eigenvalue weighted by Gasteiger charge is 2.38. The zero-order chi connectivity index (χ0) is 11.7. The molecule has 4 heteroatoms. The molecule has 17 heavy (non-hydrogen) atoms. The minimum absolute atomic E-state index is 0.201. The molecule has 0 saturated heterocycles. The number of hydrogen-bond donors (Lipinski definition) is 1. The van der Waals surface area contributed by atoms with Crippen LogP contribution in [0.1, 0.15) is 25.7 Å². The van der Waals surface area contributed by atoms with E-state index < -0.39 is 0 Å². The van der Waals surface area contributed by atoms with E-state index >= 15 is 0 Å². The zero-order valence-electron chi connectivity index (χ0n) is 9.58. The van der Waals surface area contributed by atoms with Crippen molar-refractivity contribution in [3.8, 4) is 0 Å². The quantitative estimate of drug-likeness (QED) is 0.822. The van der Waals surface area contributed by atoms with E-state index in [0.717, 1.165) is 16.6 Å². The Hall–Kier alpha value is -1.03. The van der Waals surface area contributed by atoms with Crippen molar-refractivity contribution in [1.29, 1.82) is 0 Å². The van der Waals surface area contributed by atoms with Crippen LogP contribution in [0.3, 0.4) is 0 Å². The second kappa shape index (κ2) is 4.33. The summed E-state index contributed by atoms with van der Waals surface area (Å²) in [6.07, 6.45) is 5.03. The molecule has 2 aliphatic rings. The van der Waals surface area contributed by atoms with E-state index in [-0.39, 0.29) is 11.4 Å². The summed E-state index contributed by atoms with van der Waals surface area (Å²) in [5, 5.41) is 4.25. The van der Waals surface area contributed by atoms with Gasteiger partial charge in [-0.25, -0.2) is 4.39 Å². The molecule has 0 atom stereocenters. The van der Waals surface area contributed by atoms with Crippen molar-refractivity contribution in [3.05, 3.63) is 30.1 Å². The molecular weight excluding hydrogens is 235 g/mol. The average molecular weight is 250 g/mol. The summed E-state index contributed by atoms with van der Waals surface area (Å²) in [5.74, 6) is 0.889. The number of rotatable bonds is 1. The van der Waals surface area contributed by atoms with Gasteiger partial charge in [-0.15, -0.1) is 0 Å². The van der Waals surface area contributed by atoms with Crippen molar-refractivity contribution in [2.75, 3.05) is 11.1 Å². The van der Waals surface area contributed by atoms with Gasteiger partial charge >= 0.3 is 0 Å². The van der Waals surface area contributed by atoms with E-state index in [0.29, 0.717) is 0 Å². The first kappa shape index (κ1) is 11.1. The summed E-state index contributed by atoms with van der Waals surface area (Å²) in [4.78, 5) is 4.81. The topological polar surface area (TPSA) is 24.4 Å². The first-order valence-electron chi connectivity index (χ1n) is 6.01. The molecule has 1 aliphatic carbocycles. The predicted octanol–water partition coefficient (Wildman–Crippen LogP) is 3.65. The molecule has 1 N–H and O–H groups in total. The van der Waals surface area contributed by atoms with Gasteiger partial charge in [0.1, 0.15) is 5.82 Å². The Balaban J connectivity index is 1.72. The van der Waals surface area contributed by atoms with E-state index in [9.17, 15) is 4.39 Å². The monoisotopic (exact) mass is 250 g/mol. The molecule has 1 aromatic rings. The number of nitrogens with zero attached hydrogens (tertiary/aromatic N) is 1. The highest BCUT2D eigenvalue weighted by atomic mass is 32.2. The van der Waals surface area contributed by atoms with Crippen molar-refractivity contribution in [1.82, 2.24) is 0 Å². The third kappa shape index (κ3) is 2.32. The number of benzene rings is 1. The molecule has 0 amide bonds. The molecule has 1 aromatic carbocycles. The maximum absolute atomic E-state index is 12.8. The molecule has 1 saturated carbocycles. The highest BCUT2D eigenvalue weighted by molar-refractivity contribution is 8.14. The maximum Gasteiger partial charge on any atom is 0.161 e. The van der Waals surface area contributed by atoms with Gasteiger partial charge in [-0.05, 0) is 37.1 Å². The molecular formula is C13H15FN2S. The van der Waals surface area contributed by atoms with Crippen molar-refractivity contribution in [2.24, 2.45) is 4.99 Å². The zero-order valence-corrected chi connectivity index (χ0v) is 10.4. The van der Waals surface area contributed by atoms with Crippen LogP contribution in [0.15, 0.2) is 29.3 Å². The van der Waals surface area contributed by atoms with Crippen molar-refractivity contribution < 1.29 is 4.39 Å². The smallest absolute Gasteiger partial charge is 0.161 e. The molecule has 90 valence electrons. The van der Waals surface area contributed by atoms with Crippen LogP contribution >= 0.6 is 11.8 Å². The Morgan fingerprint density at radius 1 is 1.18 bits per heavy atom. The Morgan fingerprint density at radius 2 is 1.88 bits per heavy atom. The van der Waals surface area contributed by atoms with E-state index in [1.54, 1.807) is 23.9 Å². The summed E-state index contributed by atoms with van der Waals surface area (Å²) in [7, 11) is 0. The van der Waals surface area contributed by atoms with Crippen LogP contribution in [0.4, 0.5) is 10.1 Å². The SMILES string of the molecule is Fc1ccc(NC2=NC3(CCCC3)CS2)cc1. The van der Waals surface area contributed by atoms with Crippen LogP contribution in [-0.2, 0) is 0 Å². The molecule has 0 aromatic heterocycles. The number of nitrogens with one attached hydrogen (secondary N) is 1. The van der Waals surface area contributed by atoms with Gasteiger partial charge in [0, 0.05) is 11.4 Å². The van der Waals surface area contributed by atoms with Crippen molar-refractivity contribution >= 4 is 22.6 Å². The Morgan fingerprint density at radius 3 is 2.59 bits per heavy atom. The van der Waals surface area contributed by atoms with Crippen LogP contribution in [-0.4, -0.2) is 16.5 Å². The van der Waals surface area contributed by atoms with Crippen LogP contribution in [0.5, 0.6) is 0 Å². The van der Waals surface area contributed by atoms with E-state index in [1.807, 2.05) is 0 Å². The fourth-order valence-electron chi connectivity index (χ4n) is 2.49. The number of thioether (sulfide) groups is 1. The highest BCUT2D eigenvalue weighted by Crippen LogP contribution is 2.41. The lowest BCUT2D eigenvalue weighted by Gasteiger charge is -2.16. The summed E-state index contributed by atoms with van der Waals surface area (Å²) in [6.45, 7) is 0. The minimum Gasteiger partial charge on any atom is -0.335 e. The Labute approximate surface area is 105 Å². The summed E-state index contributed by atoms with van der Waals surface area (Å²) >= 11 is 1.78. The van der Waals surface area contributed by atoms with Crippen LogP contribution in [0, 0.1) is 5.82 Å². The number of anilines is 1. The van der Waals surface area contributed by atoms with Gasteiger partial charge in [0.25, 0.3) is 0 Å². The fraction of sp³-hybridized carbons (Fsp3) is 0.462. The third-order valence-corrected chi connectivity index (χ3v) is 4.59. The van der Waals surface area contributed by atoms with Gasteiger partial charge in [-0.1, -0.05) is 24.6 Å². The lowest BCUT2D eigenvalue weighted by Crippen LogP contribution is -2.21. The molecule has 3 rings (SSSR count). The largest absolute Gasteiger partial charge is 0.335 e. The van der Waals surface area contributed by atoms with Gasteiger partial charge in [-0.3, -0.25) is 4.99 Å². The average Bonchev–Trinajstić information content (AvgIpc) is 2.94. The normalized spacial score (nSPS) is 21.8. The standard InChI is InChI=1S/C13H15FN2S/c14-10-3-5-11(6-4-10)15-12-16-13(9-17-12)7-1-2-8-13/h3-6H,1-2,7-9H2,(H,15,16). The maximum atomic E-state index is 12.8. The number of amidine groups is 1. The first-order valence-corrected chi connectivity index (χ1v) is 7.00. The molecule has 1 heterocycles. The lowest BCUT2D eigenvalue weighted by molar-refractivity contribution is 0.508. The predicted molar refractivity (Wildman–Crippen MR) is 71.1 cm³/mol.